The number of halogens is 2. The molecule has 0 fully saturated rings. The lowest BCUT2D eigenvalue weighted by Crippen LogP contribution is -2.51. The number of nitrogens with two attached hydrogens (primary N) is 1. The molecule has 7 heteroatoms. The van der Waals surface area contributed by atoms with Gasteiger partial charge in [-0.2, -0.15) is 0 Å². The number of benzene rings is 2. The maximum Gasteiger partial charge on any atom is 0.237 e. The summed E-state index contributed by atoms with van der Waals surface area (Å²) in [5, 5.41) is 16.4. The first-order valence-electron chi connectivity index (χ1n) is 10.2. The average molecular weight is 420 g/mol. The molecule has 5 N–H and O–H groups in total. The van der Waals surface area contributed by atoms with Gasteiger partial charge in [0.25, 0.3) is 0 Å². The topological polar surface area (TPSA) is 87.4 Å². The minimum atomic E-state index is -0.993. The van der Waals surface area contributed by atoms with Crippen LogP contribution in [-0.2, 0) is 17.6 Å². The van der Waals surface area contributed by atoms with E-state index in [-0.39, 0.29) is 18.9 Å². The summed E-state index contributed by atoms with van der Waals surface area (Å²) in [7, 11) is 0. The predicted octanol–water partition coefficient (Wildman–Crippen LogP) is 2.17. The molecule has 1 amide bonds. The number of hydrogen-bond donors (Lipinski definition) is 4. The van der Waals surface area contributed by atoms with E-state index < -0.39 is 29.8 Å². The van der Waals surface area contributed by atoms with E-state index in [1.54, 1.807) is 0 Å². The Hall–Kier alpha value is -2.35. The van der Waals surface area contributed by atoms with E-state index in [4.69, 9.17) is 5.73 Å². The molecule has 0 aliphatic carbocycles. The van der Waals surface area contributed by atoms with Gasteiger partial charge in [0.2, 0.25) is 5.91 Å². The molecular weight excluding hydrogens is 388 g/mol. The summed E-state index contributed by atoms with van der Waals surface area (Å²) in [4.78, 5) is 12.6. The van der Waals surface area contributed by atoms with E-state index in [2.05, 4.69) is 10.6 Å². The van der Waals surface area contributed by atoms with E-state index in [0.717, 1.165) is 11.6 Å². The second-order valence-electron chi connectivity index (χ2n) is 8.00. The van der Waals surface area contributed by atoms with Gasteiger partial charge in [-0.3, -0.25) is 4.79 Å². The number of nitrogens with one attached hydrogen (secondary N) is 2. The highest BCUT2D eigenvalue weighted by atomic mass is 19.1. The highest BCUT2D eigenvalue weighted by molar-refractivity contribution is 5.82. The highest BCUT2D eigenvalue weighted by Crippen LogP contribution is 2.11. The number of carbonyl (C=O) groups is 1. The molecule has 2 rings (SSSR count). The molecule has 0 heterocycles. The monoisotopic (exact) mass is 419 g/mol. The lowest BCUT2D eigenvalue weighted by Gasteiger charge is -2.24. The Morgan fingerprint density at radius 3 is 2.23 bits per heavy atom. The molecule has 0 spiro atoms. The van der Waals surface area contributed by atoms with Crippen LogP contribution in [0, 0.1) is 17.6 Å². The van der Waals surface area contributed by atoms with E-state index in [1.807, 2.05) is 44.2 Å². The van der Waals surface area contributed by atoms with E-state index >= 15 is 0 Å². The van der Waals surface area contributed by atoms with Crippen molar-refractivity contribution in [1.29, 1.82) is 0 Å². The van der Waals surface area contributed by atoms with Gasteiger partial charge < -0.3 is 21.5 Å². The predicted molar refractivity (Wildman–Crippen MR) is 114 cm³/mol. The number of aliphatic hydroxyl groups is 1. The summed E-state index contributed by atoms with van der Waals surface area (Å²) in [6, 6.07) is 11.5. The zero-order chi connectivity index (χ0) is 22.1. The number of carbonyl (C=O) groups excluding carboxylic acids is 1. The summed E-state index contributed by atoms with van der Waals surface area (Å²) in [5.41, 5.74) is 7.39. The molecule has 3 atom stereocenters. The highest BCUT2D eigenvalue weighted by Gasteiger charge is 2.22. The van der Waals surface area contributed by atoms with Crippen LogP contribution in [0.2, 0.25) is 0 Å². The van der Waals surface area contributed by atoms with Crippen molar-refractivity contribution in [2.75, 3.05) is 13.1 Å². The van der Waals surface area contributed by atoms with E-state index in [9.17, 15) is 18.7 Å². The van der Waals surface area contributed by atoms with Gasteiger partial charge in [0.15, 0.2) is 0 Å². The smallest absolute Gasteiger partial charge is 0.237 e. The number of rotatable bonds is 11. The molecule has 5 nitrogen and oxygen atoms in total. The average Bonchev–Trinajstić information content (AvgIpc) is 2.68. The summed E-state index contributed by atoms with van der Waals surface area (Å²) < 4.78 is 26.7. The molecule has 0 aromatic heterocycles. The van der Waals surface area contributed by atoms with Crippen LogP contribution in [0.15, 0.2) is 48.5 Å². The summed E-state index contributed by atoms with van der Waals surface area (Å²) in [6.07, 6.45) is -0.421. The van der Waals surface area contributed by atoms with Crippen molar-refractivity contribution in [2.45, 2.75) is 44.9 Å². The fourth-order valence-corrected chi connectivity index (χ4v) is 3.09. The number of hydrogen-bond acceptors (Lipinski definition) is 4. The summed E-state index contributed by atoms with van der Waals surface area (Å²) >= 11 is 0. The molecule has 164 valence electrons. The molecule has 0 aliphatic rings. The SMILES string of the molecule is CC(C)CNC(=O)C(Cc1ccccc1)NC[C@@H](O)[C@@H](N)Cc1cc(F)cc(F)c1. The van der Waals surface area contributed by atoms with Crippen LogP contribution in [0.1, 0.15) is 25.0 Å². The largest absolute Gasteiger partial charge is 0.390 e. The van der Waals surface area contributed by atoms with Crippen molar-refractivity contribution in [3.05, 3.63) is 71.3 Å². The molecule has 0 saturated heterocycles. The molecule has 0 bridgehead atoms. The third kappa shape index (κ3) is 8.18. The Labute approximate surface area is 176 Å². The molecule has 30 heavy (non-hydrogen) atoms. The Balaban J connectivity index is 1.97. The van der Waals surface area contributed by atoms with Crippen molar-refractivity contribution in [3.63, 3.8) is 0 Å². The fraction of sp³-hybridized carbons (Fsp3) is 0.435. The summed E-state index contributed by atoms with van der Waals surface area (Å²) in [5.74, 6) is -1.21. The van der Waals surface area contributed by atoms with Gasteiger partial charge in [0.05, 0.1) is 12.1 Å². The van der Waals surface area contributed by atoms with Crippen molar-refractivity contribution in [2.24, 2.45) is 11.7 Å². The first-order valence-corrected chi connectivity index (χ1v) is 10.2. The lowest BCUT2D eigenvalue weighted by molar-refractivity contribution is -0.123. The minimum Gasteiger partial charge on any atom is -0.390 e. The molecular formula is C23H31F2N3O2. The van der Waals surface area contributed by atoms with Crippen molar-refractivity contribution < 1.29 is 18.7 Å². The lowest BCUT2D eigenvalue weighted by atomic mass is 10.0. The Kier molecular flexibility index (Phi) is 9.36. The molecule has 2 aromatic rings. The Morgan fingerprint density at radius 1 is 1.00 bits per heavy atom. The van der Waals surface area contributed by atoms with E-state index in [0.29, 0.717) is 24.4 Å². The molecule has 0 saturated carbocycles. The third-order valence-corrected chi connectivity index (χ3v) is 4.75. The Bertz CT molecular complexity index is 782. The first-order chi connectivity index (χ1) is 14.2. The van der Waals surface area contributed by atoms with Gasteiger partial charge in [-0.05, 0) is 42.0 Å². The van der Waals surface area contributed by atoms with Crippen molar-refractivity contribution >= 4 is 5.91 Å². The molecule has 1 unspecified atom stereocenters. The van der Waals surface area contributed by atoms with E-state index in [1.165, 1.54) is 12.1 Å². The molecule has 2 aromatic carbocycles. The van der Waals surface area contributed by atoms with Gasteiger partial charge in [0.1, 0.15) is 11.6 Å². The van der Waals surface area contributed by atoms with Gasteiger partial charge in [0, 0.05) is 25.2 Å². The maximum absolute atomic E-state index is 13.4. The zero-order valence-electron chi connectivity index (χ0n) is 17.4. The van der Waals surface area contributed by atoms with Crippen LogP contribution < -0.4 is 16.4 Å². The van der Waals surface area contributed by atoms with Crippen LogP contribution in [0.4, 0.5) is 8.78 Å². The van der Waals surface area contributed by atoms with Crippen LogP contribution >= 0.6 is 0 Å². The van der Waals surface area contributed by atoms with Crippen LogP contribution in [0.5, 0.6) is 0 Å². The fourth-order valence-electron chi connectivity index (χ4n) is 3.09. The first kappa shape index (κ1) is 23.9. The third-order valence-electron chi connectivity index (χ3n) is 4.75. The zero-order valence-corrected chi connectivity index (χ0v) is 17.4. The quantitative estimate of drug-likeness (QED) is 0.450. The van der Waals surface area contributed by atoms with Crippen LogP contribution in [-0.4, -0.2) is 42.3 Å². The van der Waals surface area contributed by atoms with Crippen LogP contribution in [0.25, 0.3) is 0 Å². The van der Waals surface area contributed by atoms with Gasteiger partial charge in [-0.1, -0.05) is 44.2 Å². The number of aliphatic hydroxyl groups excluding tert-OH is 1. The molecule has 0 aliphatic heterocycles. The normalized spacial score (nSPS) is 14.4. The maximum atomic E-state index is 13.4. The molecule has 0 radical (unpaired) electrons. The minimum absolute atomic E-state index is 0.0750. The van der Waals surface area contributed by atoms with Gasteiger partial charge >= 0.3 is 0 Å². The number of amides is 1. The Morgan fingerprint density at radius 2 is 1.63 bits per heavy atom. The van der Waals surface area contributed by atoms with Crippen molar-refractivity contribution in [3.8, 4) is 0 Å². The summed E-state index contributed by atoms with van der Waals surface area (Å²) in [6.45, 7) is 4.65. The standard InChI is InChI=1S/C23H31F2N3O2/c1-15(2)13-28-23(30)21(11-16-6-4-3-5-7-16)27-14-22(29)20(26)10-17-8-18(24)12-19(25)9-17/h3-9,12,15,20-22,27,29H,10-11,13-14,26H2,1-2H3,(H,28,30)/t20-,21?,22+/m0/s1. The van der Waals surface area contributed by atoms with Crippen molar-refractivity contribution in [1.82, 2.24) is 10.6 Å². The van der Waals surface area contributed by atoms with Crippen LogP contribution in [0.3, 0.4) is 0 Å². The van der Waals surface area contributed by atoms with Gasteiger partial charge in [-0.15, -0.1) is 0 Å². The second-order valence-corrected chi connectivity index (χ2v) is 8.00. The van der Waals surface area contributed by atoms with Gasteiger partial charge in [-0.25, -0.2) is 8.78 Å². The second kappa shape index (κ2) is 11.7.